The zero-order valence-corrected chi connectivity index (χ0v) is 16.1. The molecule has 29 heavy (non-hydrogen) atoms. The minimum atomic E-state index is -0.817. The van der Waals surface area contributed by atoms with Gasteiger partial charge in [0, 0.05) is 36.1 Å². The molecule has 4 aromatic rings. The molecule has 2 aromatic heterocycles. The van der Waals surface area contributed by atoms with Crippen molar-refractivity contribution in [3.8, 4) is 22.8 Å². The second-order valence-electron chi connectivity index (χ2n) is 6.84. The Labute approximate surface area is 168 Å². The van der Waals surface area contributed by atoms with E-state index in [0.717, 1.165) is 28.1 Å². The maximum absolute atomic E-state index is 10.7. The number of hydrogen-bond donors (Lipinski definition) is 1. The minimum Gasteiger partial charge on any atom is -0.494 e. The maximum Gasteiger partial charge on any atom is 0.303 e. The summed E-state index contributed by atoms with van der Waals surface area (Å²) in [4.78, 5) is 19.7. The molecule has 0 saturated carbocycles. The smallest absolute Gasteiger partial charge is 0.303 e. The summed E-state index contributed by atoms with van der Waals surface area (Å²) < 4.78 is 7.87. The Morgan fingerprint density at radius 2 is 1.97 bits per heavy atom. The molecule has 0 atom stereocenters. The third kappa shape index (κ3) is 4.11. The lowest BCUT2D eigenvalue weighted by molar-refractivity contribution is -0.137. The van der Waals surface area contributed by atoms with Crippen molar-refractivity contribution in [2.24, 2.45) is 0 Å². The van der Waals surface area contributed by atoms with Gasteiger partial charge in [0.25, 0.3) is 0 Å². The lowest BCUT2D eigenvalue weighted by Gasteiger charge is -2.11. The zero-order chi connectivity index (χ0) is 20.2. The number of aliphatic carboxylic acids is 1. The van der Waals surface area contributed by atoms with Crippen LogP contribution in [0.15, 0.2) is 67.0 Å². The van der Waals surface area contributed by atoms with E-state index in [-0.39, 0.29) is 6.42 Å². The van der Waals surface area contributed by atoms with Crippen LogP contribution in [-0.4, -0.2) is 32.2 Å². The molecule has 6 heteroatoms. The average Bonchev–Trinajstić information content (AvgIpc) is 3.11. The summed E-state index contributed by atoms with van der Waals surface area (Å²) in [5.74, 6) is 0.677. The van der Waals surface area contributed by atoms with Crippen LogP contribution in [0.4, 0.5) is 0 Å². The molecule has 2 aromatic carbocycles. The Hall–Kier alpha value is -3.67. The van der Waals surface area contributed by atoms with Gasteiger partial charge in [0.05, 0.1) is 17.6 Å². The number of hydrogen-bond acceptors (Lipinski definition) is 4. The number of rotatable bonds is 7. The van der Waals surface area contributed by atoms with Gasteiger partial charge in [0.1, 0.15) is 11.6 Å². The van der Waals surface area contributed by atoms with E-state index in [4.69, 9.17) is 14.8 Å². The van der Waals surface area contributed by atoms with Crippen LogP contribution in [0.1, 0.15) is 18.4 Å². The van der Waals surface area contributed by atoms with Crippen LogP contribution < -0.4 is 4.74 Å². The summed E-state index contributed by atoms with van der Waals surface area (Å²) in [5, 5.41) is 8.77. The number of aryl methyl sites for hydroxylation is 1. The monoisotopic (exact) mass is 387 g/mol. The molecule has 0 bridgehead atoms. The van der Waals surface area contributed by atoms with Gasteiger partial charge in [-0.1, -0.05) is 17.7 Å². The Kier molecular flexibility index (Phi) is 5.24. The van der Waals surface area contributed by atoms with Gasteiger partial charge in [-0.2, -0.15) is 0 Å². The number of carboxylic acid groups (broad SMARTS) is 1. The van der Waals surface area contributed by atoms with Crippen molar-refractivity contribution in [1.29, 1.82) is 0 Å². The second kappa shape index (κ2) is 8.14. The van der Waals surface area contributed by atoms with E-state index >= 15 is 0 Å². The first-order valence-electron chi connectivity index (χ1n) is 9.46. The van der Waals surface area contributed by atoms with Crippen LogP contribution in [0.2, 0.25) is 0 Å². The molecule has 0 aliphatic carbocycles. The maximum atomic E-state index is 10.7. The lowest BCUT2D eigenvalue weighted by Crippen LogP contribution is -2.02. The highest BCUT2D eigenvalue weighted by atomic mass is 16.5. The second-order valence-corrected chi connectivity index (χ2v) is 6.84. The van der Waals surface area contributed by atoms with Crippen LogP contribution in [0, 0.1) is 6.92 Å². The van der Waals surface area contributed by atoms with Crippen molar-refractivity contribution in [1.82, 2.24) is 14.5 Å². The Morgan fingerprint density at radius 1 is 1.14 bits per heavy atom. The van der Waals surface area contributed by atoms with Crippen molar-refractivity contribution in [3.05, 3.63) is 72.6 Å². The third-order valence-electron chi connectivity index (χ3n) is 4.64. The SMILES string of the molecule is Cc1ccc(-n2c(-c3cccnc3)nc3ccc(OCCCC(=O)O)cc32)cc1. The minimum absolute atomic E-state index is 0.0920. The van der Waals surface area contributed by atoms with E-state index in [9.17, 15) is 4.79 Å². The fourth-order valence-corrected chi connectivity index (χ4v) is 3.20. The zero-order valence-electron chi connectivity index (χ0n) is 16.1. The van der Waals surface area contributed by atoms with Gasteiger partial charge in [-0.15, -0.1) is 0 Å². The molecule has 0 amide bonds. The standard InChI is InChI=1S/C23H21N3O3/c1-16-6-8-18(9-7-16)26-21-14-19(29-13-3-5-22(27)28)10-11-20(21)25-23(26)17-4-2-12-24-15-17/h2,4,6-12,14-15H,3,5,13H2,1H3,(H,27,28). The quantitative estimate of drug-likeness (QED) is 0.468. The lowest BCUT2D eigenvalue weighted by atomic mass is 10.2. The van der Waals surface area contributed by atoms with Gasteiger partial charge < -0.3 is 9.84 Å². The van der Waals surface area contributed by atoms with Crippen molar-refractivity contribution in [3.63, 3.8) is 0 Å². The van der Waals surface area contributed by atoms with Gasteiger partial charge in [-0.3, -0.25) is 14.3 Å². The van der Waals surface area contributed by atoms with Crippen LogP contribution in [0.25, 0.3) is 28.1 Å². The predicted octanol–water partition coefficient (Wildman–Crippen LogP) is 4.64. The summed E-state index contributed by atoms with van der Waals surface area (Å²) in [6.07, 6.45) is 4.10. The molecule has 1 N–H and O–H groups in total. The van der Waals surface area contributed by atoms with E-state index in [2.05, 4.69) is 40.7 Å². The van der Waals surface area contributed by atoms with Crippen LogP contribution in [0.5, 0.6) is 5.75 Å². The number of aromatic nitrogens is 3. The fourth-order valence-electron chi connectivity index (χ4n) is 3.20. The molecular weight excluding hydrogens is 366 g/mol. The first kappa shape index (κ1) is 18.7. The van der Waals surface area contributed by atoms with E-state index in [1.807, 2.05) is 30.3 Å². The number of ether oxygens (including phenoxy) is 1. The van der Waals surface area contributed by atoms with Crippen molar-refractivity contribution >= 4 is 17.0 Å². The summed E-state index contributed by atoms with van der Waals surface area (Å²) in [5.41, 5.74) is 4.88. The molecule has 6 nitrogen and oxygen atoms in total. The van der Waals surface area contributed by atoms with Crippen LogP contribution >= 0.6 is 0 Å². The molecule has 0 unspecified atom stereocenters. The average molecular weight is 387 g/mol. The van der Waals surface area contributed by atoms with Gasteiger partial charge in [-0.05, 0) is 49.7 Å². The van der Waals surface area contributed by atoms with Crippen LogP contribution in [-0.2, 0) is 4.79 Å². The number of benzene rings is 2. The van der Waals surface area contributed by atoms with Crippen LogP contribution in [0.3, 0.4) is 0 Å². The predicted molar refractivity (Wildman–Crippen MR) is 111 cm³/mol. The molecule has 4 rings (SSSR count). The number of nitrogens with zero attached hydrogens (tertiary/aromatic N) is 3. The Morgan fingerprint density at radius 3 is 2.69 bits per heavy atom. The summed E-state index contributed by atoms with van der Waals surface area (Å²) in [6.45, 7) is 2.41. The number of carboxylic acids is 1. The van der Waals surface area contributed by atoms with E-state index in [1.54, 1.807) is 12.4 Å². The van der Waals surface area contributed by atoms with E-state index in [1.165, 1.54) is 5.56 Å². The van der Waals surface area contributed by atoms with E-state index in [0.29, 0.717) is 18.8 Å². The van der Waals surface area contributed by atoms with E-state index < -0.39 is 5.97 Å². The van der Waals surface area contributed by atoms with Crippen molar-refractivity contribution < 1.29 is 14.6 Å². The largest absolute Gasteiger partial charge is 0.494 e. The molecule has 0 radical (unpaired) electrons. The fraction of sp³-hybridized carbons (Fsp3) is 0.174. The highest BCUT2D eigenvalue weighted by molar-refractivity contribution is 5.84. The van der Waals surface area contributed by atoms with Gasteiger partial charge >= 0.3 is 5.97 Å². The molecule has 0 saturated heterocycles. The molecule has 2 heterocycles. The highest BCUT2D eigenvalue weighted by Crippen LogP contribution is 2.30. The first-order valence-corrected chi connectivity index (χ1v) is 9.46. The normalized spacial score (nSPS) is 10.9. The Balaban J connectivity index is 1.77. The van der Waals surface area contributed by atoms with Gasteiger partial charge in [-0.25, -0.2) is 4.98 Å². The molecule has 146 valence electrons. The summed E-state index contributed by atoms with van der Waals surface area (Å²) in [7, 11) is 0. The highest BCUT2D eigenvalue weighted by Gasteiger charge is 2.15. The first-order chi connectivity index (χ1) is 14.1. The number of imidazole rings is 1. The van der Waals surface area contributed by atoms with Crippen molar-refractivity contribution in [2.75, 3.05) is 6.61 Å². The summed E-state index contributed by atoms with van der Waals surface area (Å²) >= 11 is 0. The molecule has 0 fully saturated rings. The van der Waals surface area contributed by atoms with Gasteiger partial charge in [0.15, 0.2) is 0 Å². The summed E-state index contributed by atoms with van der Waals surface area (Å²) in [6, 6.07) is 17.9. The van der Waals surface area contributed by atoms with Crippen molar-refractivity contribution in [2.45, 2.75) is 19.8 Å². The Bertz CT molecular complexity index is 1140. The third-order valence-corrected chi connectivity index (χ3v) is 4.64. The topological polar surface area (TPSA) is 77.2 Å². The molecule has 0 aliphatic rings. The molecule has 0 aliphatic heterocycles. The number of pyridine rings is 1. The molecular formula is C23H21N3O3. The van der Waals surface area contributed by atoms with Gasteiger partial charge in [0.2, 0.25) is 0 Å². The number of carbonyl (C=O) groups is 1. The number of fused-ring (bicyclic) bond motifs is 1. The molecule has 0 spiro atoms.